The molecule has 0 atom stereocenters. The van der Waals surface area contributed by atoms with Gasteiger partial charge in [0.25, 0.3) is 0 Å². The van der Waals surface area contributed by atoms with Gasteiger partial charge in [0, 0.05) is 32.3 Å². The van der Waals surface area contributed by atoms with E-state index < -0.39 is 0 Å². The van der Waals surface area contributed by atoms with Gasteiger partial charge in [-0.05, 0) is 25.5 Å². The second kappa shape index (κ2) is 13.1. The Balaban J connectivity index is 0.00000484. The molecular weight excluding hydrogens is 405 g/mol. The fourth-order valence-electron chi connectivity index (χ4n) is 1.91. The molecule has 0 saturated carbocycles. The molecule has 3 N–H and O–H groups in total. The topological polar surface area (TPSA) is 78.4 Å². The summed E-state index contributed by atoms with van der Waals surface area (Å²) in [5.41, 5.74) is 0.882. The molecule has 7 heteroatoms. The van der Waals surface area contributed by atoms with Crippen molar-refractivity contribution in [1.82, 2.24) is 15.6 Å². The number of anilines is 1. The number of hydrogen-bond donors (Lipinski definition) is 3. The summed E-state index contributed by atoms with van der Waals surface area (Å²) in [6.45, 7) is 5.50. The van der Waals surface area contributed by atoms with Crippen LogP contribution in [0.2, 0.25) is 0 Å². The third-order valence-electron chi connectivity index (χ3n) is 3.10. The van der Waals surface area contributed by atoms with Crippen LogP contribution in [0.15, 0.2) is 23.2 Å². The lowest BCUT2D eigenvalue weighted by molar-refractivity contribution is -0.116. The molecule has 0 spiro atoms. The van der Waals surface area contributed by atoms with Crippen LogP contribution in [0.4, 0.5) is 5.82 Å². The van der Waals surface area contributed by atoms with E-state index in [4.69, 9.17) is 0 Å². The van der Waals surface area contributed by atoms with E-state index >= 15 is 0 Å². The minimum Gasteiger partial charge on any atom is -0.356 e. The van der Waals surface area contributed by atoms with Gasteiger partial charge in [0.2, 0.25) is 5.91 Å². The number of amides is 1. The molecule has 0 aliphatic rings. The first-order valence-corrected chi connectivity index (χ1v) is 7.83. The monoisotopic (exact) mass is 433 g/mol. The summed E-state index contributed by atoms with van der Waals surface area (Å²) in [5, 5.41) is 9.15. The average molecular weight is 433 g/mol. The highest BCUT2D eigenvalue weighted by Crippen LogP contribution is 2.03. The van der Waals surface area contributed by atoms with Crippen LogP contribution < -0.4 is 16.0 Å². The minimum absolute atomic E-state index is 0. The number of unbranched alkanes of at least 4 members (excludes halogenated alkanes) is 2. The minimum atomic E-state index is -0.0629. The third kappa shape index (κ3) is 10.1. The fourth-order valence-corrected chi connectivity index (χ4v) is 1.91. The Hall–Kier alpha value is -1.38. The van der Waals surface area contributed by atoms with E-state index in [0.29, 0.717) is 18.8 Å². The predicted octanol–water partition coefficient (Wildman–Crippen LogP) is 2.69. The number of aliphatic imine (C=N–C) groups is 1. The number of rotatable bonds is 8. The van der Waals surface area contributed by atoms with E-state index in [1.165, 1.54) is 12.8 Å². The lowest BCUT2D eigenvalue weighted by atomic mass is 10.2. The van der Waals surface area contributed by atoms with E-state index in [0.717, 1.165) is 24.6 Å². The van der Waals surface area contributed by atoms with Crippen LogP contribution in [-0.4, -0.2) is 37.0 Å². The molecule has 130 valence electrons. The van der Waals surface area contributed by atoms with E-state index in [9.17, 15) is 4.79 Å². The summed E-state index contributed by atoms with van der Waals surface area (Å²) in [6, 6.07) is 5.55. The Morgan fingerprint density at radius 2 is 1.96 bits per heavy atom. The molecule has 1 aromatic heterocycles. The van der Waals surface area contributed by atoms with Crippen LogP contribution in [0.25, 0.3) is 0 Å². The molecule has 0 unspecified atom stereocenters. The van der Waals surface area contributed by atoms with Crippen LogP contribution in [0.3, 0.4) is 0 Å². The zero-order chi connectivity index (χ0) is 16.2. The average Bonchev–Trinajstić information content (AvgIpc) is 2.49. The van der Waals surface area contributed by atoms with Crippen molar-refractivity contribution in [2.75, 3.05) is 25.5 Å². The number of aryl methyl sites for hydroxylation is 1. The van der Waals surface area contributed by atoms with E-state index in [1.807, 2.05) is 19.1 Å². The van der Waals surface area contributed by atoms with Gasteiger partial charge in [0.1, 0.15) is 5.82 Å². The lowest BCUT2D eigenvalue weighted by Crippen LogP contribution is -2.39. The molecule has 1 heterocycles. The van der Waals surface area contributed by atoms with Gasteiger partial charge < -0.3 is 16.0 Å². The van der Waals surface area contributed by atoms with Crippen molar-refractivity contribution in [2.45, 2.75) is 39.5 Å². The fraction of sp³-hybridized carbons (Fsp3) is 0.562. The van der Waals surface area contributed by atoms with E-state index in [-0.39, 0.29) is 29.9 Å². The molecule has 1 amide bonds. The Labute approximate surface area is 156 Å². The lowest BCUT2D eigenvalue weighted by Gasteiger charge is -2.11. The van der Waals surface area contributed by atoms with Crippen molar-refractivity contribution in [3.05, 3.63) is 23.9 Å². The number of halogens is 1. The zero-order valence-corrected chi connectivity index (χ0v) is 16.5. The van der Waals surface area contributed by atoms with E-state index in [2.05, 4.69) is 32.9 Å². The van der Waals surface area contributed by atoms with Crippen LogP contribution in [0.1, 0.15) is 38.3 Å². The van der Waals surface area contributed by atoms with Gasteiger partial charge in [0.15, 0.2) is 5.96 Å². The maximum absolute atomic E-state index is 11.8. The van der Waals surface area contributed by atoms with Gasteiger partial charge in [-0.3, -0.25) is 9.79 Å². The maximum atomic E-state index is 11.8. The smallest absolute Gasteiger partial charge is 0.227 e. The number of carbonyl (C=O) groups excluding carboxylic acids is 1. The number of hydrogen-bond acceptors (Lipinski definition) is 3. The molecule has 0 aliphatic carbocycles. The van der Waals surface area contributed by atoms with Crippen molar-refractivity contribution in [3.63, 3.8) is 0 Å². The predicted molar refractivity (Wildman–Crippen MR) is 107 cm³/mol. The molecule has 0 aliphatic heterocycles. The summed E-state index contributed by atoms with van der Waals surface area (Å²) in [6.07, 6.45) is 3.89. The summed E-state index contributed by atoms with van der Waals surface area (Å²) in [4.78, 5) is 20.2. The molecule has 6 nitrogen and oxygen atoms in total. The Bertz CT molecular complexity index is 493. The van der Waals surface area contributed by atoms with Crippen molar-refractivity contribution < 1.29 is 4.79 Å². The summed E-state index contributed by atoms with van der Waals surface area (Å²) in [7, 11) is 1.73. The molecule has 0 radical (unpaired) electrons. The van der Waals surface area contributed by atoms with Crippen molar-refractivity contribution in [2.24, 2.45) is 4.99 Å². The van der Waals surface area contributed by atoms with E-state index in [1.54, 1.807) is 13.1 Å². The summed E-state index contributed by atoms with van der Waals surface area (Å²) < 4.78 is 0. The second-order valence-electron chi connectivity index (χ2n) is 5.10. The zero-order valence-electron chi connectivity index (χ0n) is 14.2. The van der Waals surface area contributed by atoms with Gasteiger partial charge in [-0.25, -0.2) is 4.98 Å². The maximum Gasteiger partial charge on any atom is 0.227 e. The molecule has 0 bridgehead atoms. The largest absolute Gasteiger partial charge is 0.356 e. The first kappa shape index (κ1) is 21.6. The molecule has 1 rings (SSSR count). The third-order valence-corrected chi connectivity index (χ3v) is 3.10. The molecule has 0 fully saturated rings. The molecular formula is C16H28IN5O. The van der Waals surface area contributed by atoms with Crippen LogP contribution >= 0.6 is 24.0 Å². The van der Waals surface area contributed by atoms with Gasteiger partial charge in [-0.15, -0.1) is 24.0 Å². The Kier molecular flexibility index (Phi) is 12.3. The number of aromatic nitrogens is 1. The summed E-state index contributed by atoms with van der Waals surface area (Å²) in [5.74, 6) is 1.26. The Morgan fingerprint density at radius 3 is 2.61 bits per heavy atom. The number of nitrogens with zero attached hydrogens (tertiary/aromatic N) is 2. The first-order chi connectivity index (χ1) is 10.7. The molecule has 23 heavy (non-hydrogen) atoms. The van der Waals surface area contributed by atoms with Crippen LogP contribution in [0.5, 0.6) is 0 Å². The molecule has 1 aromatic rings. The van der Waals surface area contributed by atoms with Crippen LogP contribution in [0, 0.1) is 6.92 Å². The number of guanidine groups is 1. The first-order valence-electron chi connectivity index (χ1n) is 7.83. The Morgan fingerprint density at radius 1 is 1.22 bits per heavy atom. The quantitative estimate of drug-likeness (QED) is 0.255. The van der Waals surface area contributed by atoms with Gasteiger partial charge in [-0.1, -0.05) is 25.8 Å². The standard InChI is InChI=1S/C16H27N5O.HI/c1-4-5-6-11-18-16(17-3)19-12-10-15(22)21-14-9-7-8-13(2)20-14;/h7-9H,4-6,10-12H2,1-3H3,(H2,17,18,19)(H,20,21,22);1H. The van der Waals surface area contributed by atoms with Gasteiger partial charge >= 0.3 is 0 Å². The molecule has 0 aromatic carbocycles. The van der Waals surface area contributed by atoms with Crippen molar-refractivity contribution >= 4 is 41.7 Å². The highest BCUT2D eigenvalue weighted by Gasteiger charge is 2.04. The SMILES string of the molecule is CCCCCNC(=NC)NCCC(=O)Nc1cccc(C)n1.I. The number of carbonyl (C=O) groups is 1. The van der Waals surface area contributed by atoms with Crippen LogP contribution in [-0.2, 0) is 4.79 Å². The van der Waals surface area contributed by atoms with Crippen molar-refractivity contribution in [3.8, 4) is 0 Å². The van der Waals surface area contributed by atoms with Gasteiger partial charge in [0.05, 0.1) is 0 Å². The highest BCUT2D eigenvalue weighted by molar-refractivity contribution is 14.0. The van der Waals surface area contributed by atoms with Gasteiger partial charge in [-0.2, -0.15) is 0 Å². The second-order valence-corrected chi connectivity index (χ2v) is 5.10. The van der Waals surface area contributed by atoms with Crippen molar-refractivity contribution in [1.29, 1.82) is 0 Å². The number of pyridine rings is 1. The summed E-state index contributed by atoms with van der Waals surface area (Å²) >= 11 is 0. The number of nitrogens with one attached hydrogen (secondary N) is 3. The highest BCUT2D eigenvalue weighted by atomic mass is 127. The normalized spacial score (nSPS) is 10.7. The molecule has 0 saturated heterocycles.